The number of morpholine rings is 1. The Kier molecular flexibility index (Phi) is 4.35. The van der Waals surface area contributed by atoms with Gasteiger partial charge in [-0.05, 0) is 6.08 Å². The van der Waals surface area contributed by atoms with Gasteiger partial charge in [-0.3, -0.25) is 4.79 Å². The van der Waals surface area contributed by atoms with Crippen LogP contribution in [0.1, 0.15) is 0 Å². The van der Waals surface area contributed by atoms with Gasteiger partial charge < -0.3 is 14.7 Å². The molecule has 78 valence electrons. The van der Waals surface area contributed by atoms with E-state index in [1.54, 1.807) is 4.90 Å². The van der Waals surface area contributed by atoms with Crippen molar-refractivity contribution in [2.75, 3.05) is 26.3 Å². The molecule has 0 aliphatic carbocycles. The summed E-state index contributed by atoms with van der Waals surface area (Å²) >= 11 is 0. The molecule has 14 heavy (non-hydrogen) atoms. The van der Waals surface area contributed by atoms with Gasteiger partial charge in [-0.15, -0.1) is 6.58 Å². The van der Waals surface area contributed by atoms with Crippen molar-refractivity contribution < 1.29 is 14.6 Å². The van der Waals surface area contributed by atoms with Gasteiger partial charge in [0, 0.05) is 19.2 Å². The number of amides is 1. The number of nitrogens with zero attached hydrogens (tertiary/aromatic N) is 1. The molecule has 0 aromatic rings. The number of carbonyl (C=O) groups excluding carboxylic acids is 1. The van der Waals surface area contributed by atoms with Gasteiger partial charge >= 0.3 is 0 Å². The van der Waals surface area contributed by atoms with Gasteiger partial charge in [0.2, 0.25) is 5.91 Å². The van der Waals surface area contributed by atoms with Crippen molar-refractivity contribution in [3.8, 4) is 0 Å². The van der Waals surface area contributed by atoms with Gasteiger partial charge in [0.25, 0.3) is 0 Å². The molecule has 1 unspecified atom stereocenters. The minimum absolute atomic E-state index is 0.0887. The summed E-state index contributed by atoms with van der Waals surface area (Å²) in [4.78, 5) is 13.1. The monoisotopic (exact) mass is 197 g/mol. The number of aliphatic hydroxyl groups excluding tert-OH is 1. The first-order valence-electron chi connectivity index (χ1n) is 4.59. The number of rotatable bonds is 3. The third kappa shape index (κ3) is 3.32. The lowest BCUT2D eigenvalue weighted by molar-refractivity contribution is -0.130. The van der Waals surface area contributed by atoms with Crippen LogP contribution in [0.3, 0.4) is 0 Å². The molecule has 1 amide bonds. The molecule has 4 nitrogen and oxygen atoms in total. The molecule has 0 radical (unpaired) electrons. The van der Waals surface area contributed by atoms with Crippen LogP contribution in [-0.4, -0.2) is 48.3 Å². The van der Waals surface area contributed by atoms with Crippen LogP contribution in [0, 0.1) is 0 Å². The zero-order chi connectivity index (χ0) is 10.4. The zero-order valence-electron chi connectivity index (χ0n) is 8.06. The van der Waals surface area contributed by atoms with Crippen LogP contribution in [-0.2, 0) is 9.53 Å². The normalized spacial score (nSPS) is 19.6. The summed E-state index contributed by atoms with van der Waals surface area (Å²) in [5.41, 5.74) is 0. The van der Waals surface area contributed by atoms with E-state index in [1.807, 2.05) is 0 Å². The van der Waals surface area contributed by atoms with Gasteiger partial charge in [-0.1, -0.05) is 6.08 Å². The lowest BCUT2D eigenvalue weighted by Gasteiger charge is -2.25. The Morgan fingerprint density at radius 2 is 2.14 bits per heavy atom. The standard InChI is InChI=1S/C10H15NO3/c1-2-9(12)3-4-10(13)11-5-7-14-8-6-11/h2-4,9,12H,1,5-8H2. The van der Waals surface area contributed by atoms with E-state index in [1.165, 1.54) is 18.2 Å². The minimum Gasteiger partial charge on any atom is -0.385 e. The molecule has 0 saturated carbocycles. The highest BCUT2D eigenvalue weighted by molar-refractivity contribution is 5.87. The number of hydrogen-bond acceptors (Lipinski definition) is 3. The fraction of sp³-hybridized carbons (Fsp3) is 0.500. The largest absolute Gasteiger partial charge is 0.385 e. The quantitative estimate of drug-likeness (QED) is 0.509. The Morgan fingerprint density at radius 3 is 2.71 bits per heavy atom. The topological polar surface area (TPSA) is 49.8 Å². The molecule has 1 heterocycles. The molecule has 1 rings (SSSR count). The summed E-state index contributed by atoms with van der Waals surface area (Å²) in [6, 6.07) is 0. The van der Waals surface area contributed by atoms with E-state index in [2.05, 4.69) is 6.58 Å². The van der Waals surface area contributed by atoms with Crippen LogP contribution in [0.25, 0.3) is 0 Å². The highest BCUT2D eigenvalue weighted by Crippen LogP contribution is 1.98. The lowest BCUT2D eigenvalue weighted by atomic mass is 10.3. The van der Waals surface area contributed by atoms with Gasteiger partial charge in [-0.2, -0.15) is 0 Å². The predicted molar refractivity (Wildman–Crippen MR) is 52.7 cm³/mol. The summed E-state index contributed by atoms with van der Waals surface area (Å²) in [7, 11) is 0. The van der Waals surface area contributed by atoms with Crippen LogP contribution < -0.4 is 0 Å². The molecule has 1 aliphatic rings. The number of hydrogen-bond donors (Lipinski definition) is 1. The first-order chi connectivity index (χ1) is 6.74. The molecule has 0 bridgehead atoms. The maximum Gasteiger partial charge on any atom is 0.246 e. The third-order valence-corrected chi connectivity index (χ3v) is 2.00. The average molecular weight is 197 g/mol. The van der Waals surface area contributed by atoms with Crippen molar-refractivity contribution in [3.63, 3.8) is 0 Å². The maximum absolute atomic E-state index is 11.5. The number of aliphatic hydroxyl groups is 1. The van der Waals surface area contributed by atoms with E-state index in [9.17, 15) is 4.79 Å². The van der Waals surface area contributed by atoms with E-state index in [-0.39, 0.29) is 5.91 Å². The second-order valence-electron chi connectivity index (χ2n) is 3.02. The van der Waals surface area contributed by atoms with Crippen LogP contribution in [0.2, 0.25) is 0 Å². The maximum atomic E-state index is 11.5. The Hall–Kier alpha value is -1.13. The average Bonchev–Trinajstić information content (AvgIpc) is 2.26. The molecule has 0 spiro atoms. The van der Waals surface area contributed by atoms with Crippen molar-refractivity contribution >= 4 is 5.91 Å². The lowest BCUT2D eigenvalue weighted by Crippen LogP contribution is -2.39. The van der Waals surface area contributed by atoms with Crippen LogP contribution in [0.15, 0.2) is 24.8 Å². The second kappa shape index (κ2) is 5.57. The molecule has 1 saturated heterocycles. The van der Waals surface area contributed by atoms with E-state index >= 15 is 0 Å². The zero-order valence-corrected chi connectivity index (χ0v) is 8.06. The molecule has 4 heteroatoms. The van der Waals surface area contributed by atoms with E-state index < -0.39 is 6.10 Å². The van der Waals surface area contributed by atoms with E-state index in [0.717, 1.165) is 0 Å². The molecule has 0 aromatic carbocycles. The van der Waals surface area contributed by atoms with Gasteiger partial charge in [-0.25, -0.2) is 0 Å². The minimum atomic E-state index is -0.750. The third-order valence-electron chi connectivity index (χ3n) is 2.00. The van der Waals surface area contributed by atoms with Crippen molar-refractivity contribution in [2.45, 2.75) is 6.10 Å². The van der Waals surface area contributed by atoms with Crippen molar-refractivity contribution in [3.05, 3.63) is 24.8 Å². The Labute approximate surface area is 83.5 Å². The Bertz CT molecular complexity index is 232. The van der Waals surface area contributed by atoms with Crippen LogP contribution >= 0.6 is 0 Å². The predicted octanol–water partition coefficient (Wildman–Crippen LogP) is -0.0517. The summed E-state index contributed by atoms with van der Waals surface area (Å²) in [5, 5.41) is 9.10. The summed E-state index contributed by atoms with van der Waals surface area (Å²) < 4.78 is 5.11. The summed E-state index contributed by atoms with van der Waals surface area (Å²) in [5.74, 6) is -0.0887. The van der Waals surface area contributed by atoms with Crippen LogP contribution in [0.5, 0.6) is 0 Å². The molecular weight excluding hydrogens is 182 g/mol. The van der Waals surface area contributed by atoms with E-state index in [0.29, 0.717) is 26.3 Å². The van der Waals surface area contributed by atoms with Crippen LogP contribution in [0.4, 0.5) is 0 Å². The summed E-state index contributed by atoms with van der Waals surface area (Å²) in [6.07, 6.45) is 3.41. The highest BCUT2D eigenvalue weighted by atomic mass is 16.5. The van der Waals surface area contributed by atoms with Gasteiger partial charge in [0.05, 0.1) is 19.3 Å². The molecule has 1 fully saturated rings. The Morgan fingerprint density at radius 1 is 1.50 bits per heavy atom. The number of carbonyl (C=O) groups is 1. The second-order valence-corrected chi connectivity index (χ2v) is 3.02. The molecular formula is C10H15NO3. The molecule has 1 aliphatic heterocycles. The Balaban J connectivity index is 2.40. The molecule has 0 aromatic heterocycles. The van der Waals surface area contributed by atoms with Crippen molar-refractivity contribution in [2.24, 2.45) is 0 Å². The van der Waals surface area contributed by atoms with Crippen molar-refractivity contribution in [1.82, 2.24) is 4.90 Å². The number of ether oxygens (including phenoxy) is 1. The molecule has 1 atom stereocenters. The van der Waals surface area contributed by atoms with Gasteiger partial charge in [0.1, 0.15) is 0 Å². The first-order valence-corrected chi connectivity index (χ1v) is 4.59. The van der Waals surface area contributed by atoms with Crippen molar-refractivity contribution in [1.29, 1.82) is 0 Å². The smallest absolute Gasteiger partial charge is 0.246 e. The van der Waals surface area contributed by atoms with E-state index in [4.69, 9.17) is 9.84 Å². The fourth-order valence-corrected chi connectivity index (χ4v) is 1.15. The van der Waals surface area contributed by atoms with Gasteiger partial charge in [0.15, 0.2) is 0 Å². The first kappa shape index (κ1) is 10.9. The fourth-order valence-electron chi connectivity index (χ4n) is 1.15. The summed E-state index contributed by atoms with van der Waals surface area (Å²) in [6.45, 7) is 5.82. The molecule has 1 N–H and O–H groups in total. The highest BCUT2D eigenvalue weighted by Gasteiger charge is 2.13. The SMILES string of the molecule is C=CC(O)C=CC(=O)N1CCOCC1.